The van der Waals surface area contributed by atoms with Crippen LogP contribution in [0.4, 0.5) is 4.79 Å². The van der Waals surface area contributed by atoms with Crippen molar-refractivity contribution in [2.75, 3.05) is 14.2 Å². The molecule has 0 unspecified atom stereocenters. The van der Waals surface area contributed by atoms with Crippen LogP contribution < -0.4 is 10.1 Å². The van der Waals surface area contributed by atoms with Crippen LogP contribution in [-0.4, -0.2) is 32.3 Å². The third kappa shape index (κ3) is 3.83. The van der Waals surface area contributed by atoms with Crippen molar-refractivity contribution < 1.29 is 23.8 Å². The fraction of sp³-hybridized carbons (Fsp3) is 0.412. The summed E-state index contributed by atoms with van der Waals surface area (Å²) in [6.07, 6.45) is 1.42. The number of rotatable bonds is 5. The summed E-state index contributed by atoms with van der Waals surface area (Å²) >= 11 is 0. The average Bonchev–Trinajstić information content (AvgIpc) is 2.93. The Hall–Kier alpha value is -2.50. The van der Waals surface area contributed by atoms with E-state index >= 15 is 0 Å². The first-order valence-electron chi connectivity index (χ1n) is 7.31. The second-order valence-corrected chi connectivity index (χ2v) is 5.53. The van der Waals surface area contributed by atoms with Gasteiger partial charge in [0.2, 0.25) is 0 Å². The fourth-order valence-corrected chi connectivity index (χ4v) is 2.44. The van der Waals surface area contributed by atoms with Gasteiger partial charge in [-0.2, -0.15) is 0 Å². The largest absolute Gasteiger partial charge is 0.496 e. The highest BCUT2D eigenvalue weighted by molar-refractivity contribution is 5.85. The number of hydrogen-bond donors (Lipinski definition) is 1. The second-order valence-electron chi connectivity index (χ2n) is 5.53. The number of amides is 1. The number of esters is 1. The zero-order valence-corrected chi connectivity index (χ0v) is 13.7. The smallest absolute Gasteiger partial charge is 0.408 e. The topological polar surface area (TPSA) is 73.9 Å². The number of nitrogens with one attached hydrogen (secondary N) is 1. The quantitative estimate of drug-likeness (QED) is 0.667. The van der Waals surface area contributed by atoms with Crippen molar-refractivity contribution in [1.82, 2.24) is 5.32 Å². The summed E-state index contributed by atoms with van der Waals surface area (Å²) in [5.74, 6) is 0.209. The Morgan fingerprint density at radius 1 is 1.35 bits per heavy atom. The Kier molecular flexibility index (Phi) is 5.26. The van der Waals surface area contributed by atoms with E-state index in [9.17, 15) is 9.59 Å². The summed E-state index contributed by atoms with van der Waals surface area (Å²) in [6.45, 7) is 4.04. The van der Waals surface area contributed by atoms with Crippen LogP contribution in [0.3, 0.4) is 0 Å². The standard InChI is InChI=1S/C17H21NO5/c1-10(2)5-6-11-9-12(7-8-13(11)21-3)15-14(16(19)22-4)18-17(20)23-15/h5,7-9,14-15H,6H2,1-4H3,(H,18,20)/t14-,15-/m1/s1. The molecule has 0 bridgehead atoms. The molecule has 2 atom stereocenters. The van der Waals surface area contributed by atoms with E-state index in [4.69, 9.17) is 14.2 Å². The summed E-state index contributed by atoms with van der Waals surface area (Å²) in [4.78, 5) is 23.3. The Labute approximate surface area is 135 Å². The lowest BCUT2D eigenvalue weighted by Gasteiger charge is -2.17. The zero-order chi connectivity index (χ0) is 17.0. The minimum absolute atomic E-state index is 0.539. The normalized spacial score (nSPS) is 19.6. The van der Waals surface area contributed by atoms with Crippen molar-refractivity contribution in [2.24, 2.45) is 0 Å². The summed E-state index contributed by atoms with van der Waals surface area (Å²) in [5, 5.41) is 2.47. The summed E-state index contributed by atoms with van der Waals surface area (Å²) in [6, 6.07) is 4.63. The van der Waals surface area contributed by atoms with Crippen molar-refractivity contribution in [2.45, 2.75) is 32.4 Å². The molecule has 1 aliphatic heterocycles. The van der Waals surface area contributed by atoms with Crippen molar-refractivity contribution in [3.8, 4) is 5.75 Å². The SMILES string of the molecule is COC(=O)[C@@H]1NC(=O)O[C@@H]1c1ccc(OC)c(CC=C(C)C)c1. The molecule has 0 radical (unpaired) electrons. The molecule has 0 spiro atoms. The molecule has 6 heteroatoms. The number of benzene rings is 1. The van der Waals surface area contributed by atoms with Gasteiger partial charge in [-0.05, 0) is 43.5 Å². The molecular weight excluding hydrogens is 298 g/mol. The number of ether oxygens (including phenoxy) is 3. The van der Waals surface area contributed by atoms with Crippen LogP contribution in [0.2, 0.25) is 0 Å². The lowest BCUT2D eigenvalue weighted by molar-refractivity contribution is -0.144. The second kappa shape index (κ2) is 7.17. The molecule has 1 fully saturated rings. The Balaban J connectivity index is 2.34. The lowest BCUT2D eigenvalue weighted by atomic mass is 9.98. The highest BCUT2D eigenvalue weighted by Crippen LogP contribution is 2.31. The number of methoxy groups -OCH3 is 2. The van der Waals surface area contributed by atoms with Gasteiger partial charge in [-0.25, -0.2) is 9.59 Å². The highest BCUT2D eigenvalue weighted by atomic mass is 16.6. The number of alkyl carbamates (subject to hydrolysis) is 1. The van der Waals surface area contributed by atoms with E-state index in [2.05, 4.69) is 11.4 Å². The van der Waals surface area contributed by atoms with Gasteiger partial charge in [0.15, 0.2) is 12.1 Å². The molecule has 6 nitrogen and oxygen atoms in total. The molecule has 0 aromatic heterocycles. The van der Waals surface area contributed by atoms with Gasteiger partial charge in [-0.3, -0.25) is 0 Å². The van der Waals surface area contributed by atoms with Crippen LogP contribution in [0.15, 0.2) is 29.8 Å². The lowest BCUT2D eigenvalue weighted by Crippen LogP contribution is -2.36. The monoisotopic (exact) mass is 319 g/mol. The Morgan fingerprint density at radius 2 is 2.09 bits per heavy atom. The first-order chi connectivity index (χ1) is 11.0. The van der Waals surface area contributed by atoms with E-state index in [-0.39, 0.29) is 0 Å². The number of carbonyl (C=O) groups excluding carboxylic acids is 2. The molecule has 0 aliphatic carbocycles. The first kappa shape index (κ1) is 16.9. The molecule has 124 valence electrons. The maximum Gasteiger partial charge on any atom is 0.408 e. The van der Waals surface area contributed by atoms with E-state index in [1.54, 1.807) is 13.2 Å². The molecule has 1 aromatic carbocycles. The van der Waals surface area contributed by atoms with Gasteiger partial charge >= 0.3 is 12.1 Å². The van der Waals surface area contributed by atoms with Gasteiger partial charge < -0.3 is 19.5 Å². The average molecular weight is 319 g/mol. The number of carbonyl (C=O) groups is 2. The van der Waals surface area contributed by atoms with Crippen LogP contribution in [-0.2, 0) is 20.7 Å². The van der Waals surface area contributed by atoms with Crippen molar-refractivity contribution in [3.63, 3.8) is 0 Å². The van der Waals surface area contributed by atoms with Crippen molar-refractivity contribution >= 4 is 12.1 Å². The molecule has 23 heavy (non-hydrogen) atoms. The van der Waals surface area contributed by atoms with Crippen LogP contribution >= 0.6 is 0 Å². The summed E-state index contributed by atoms with van der Waals surface area (Å²) in [7, 11) is 2.88. The first-order valence-corrected chi connectivity index (χ1v) is 7.31. The van der Waals surface area contributed by atoms with E-state index in [0.717, 1.165) is 16.9 Å². The minimum atomic E-state index is -0.850. The number of allylic oxidation sites excluding steroid dienone is 2. The molecule has 1 N–H and O–H groups in total. The minimum Gasteiger partial charge on any atom is -0.496 e. The van der Waals surface area contributed by atoms with Crippen LogP contribution in [0, 0.1) is 0 Å². The third-order valence-corrected chi connectivity index (χ3v) is 3.63. The number of cyclic esters (lactones) is 1. The van der Waals surface area contributed by atoms with E-state index in [1.165, 1.54) is 12.7 Å². The molecule has 1 amide bonds. The van der Waals surface area contributed by atoms with Gasteiger partial charge in [0, 0.05) is 0 Å². The van der Waals surface area contributed by atoms with E-state index in [1.807, 2.05) is 26.0 Å². The van der Waals surface area contributed by atoms with Gasteiger partial charge in [-0.15, -0.1) is 0 Å². The predicted octanol–water partition coefficient (Wildman–Crippen LogP) is 2.53. The van der Waals surface area contributed by atoms with Gasteiger partial charge in [-0.1, -0.05) is 17.7 Å². The summed E-state index contributed by atoms with van der Waals surface area (Å²) in [5.41, 5.74) is 2.87. The molecule has 1 saturated heterocycles. The maximum absolute atomic E-state index is 11.8. The molecule has 1 heterocycles. The van der Waals surface area contributed by atoms with Gasteiger partial charge in [0.05, 0.1) is 14.2 Å². The Morgan fingerprint density at radius 3 is 2.70 bits per heavy atom. The van der Waals surface area contributed by atoms with Gasteiger partial charge in [0.1, 0.15) is 5.75 Å². The molecular formula is C17H21NO5. The number of hydrogen-bond acceptors (Lipinski definition) is 5. The molecule has 2 rings (SSSR count). The molecule has 0 saturated carbocycles. The van der Waals surface area contributed by atoms with Crippen molar-refractivity contribution in [1.29, 1.82) is 0 Å². The third-order valence-electron chi connectivity index (χ3n) is 3.63. The maximum atomic E-state index is 11.8. The van der Waals surface area contributed by atoms with Crippen molar-refractivity contribution in [3.05, 3.63) is 41.0 Å². The predicted molar refractivity (Wildman–Crippen MR) is 84.3 cm³/mol. The molecule has 1 aromatic rings. The highest BCUT2D eigenvalue weighted by Gasteiger charge is 2.41. The summed E-state index contributed by atoms with van der Waals surface area (Å²) < 4.78 is 15.3. The Bertz CT molecular complexity index is 634. The van der Waals surface area contributed by atoms with Gasteiger partial charge in [0.25, 0.3) is 0 Å². The van der Waals surface area contributed by atoms with Crippen LogP contribution in [0.1, 0.15) is 31.1 Å². The zero-order valence-electron chi connectivity index (χ0n) is 13.7. The molecule has 1 aliphatic rings. The van der Waals surface area contributed by atoms with E-state index < -0.39 is 24.2 Å². The fourth-order valence-electron chi connectivity index (χ4n) is 2.44. The van der Waals surface area contributed by atoms with Crippen LogP contribution in [0.25, 0.3) is 0 Å². The van der Waals surface area contributed by atoms with E-state index in [0.29, 0.717) is 6.42 Å². The van der Waals surface area contributed by atoms with Crippen LogP contribution in [0.5, 0.6) is 5.75 Å².